The van der Waals surface area contributed by atoms with Gasteiger partial charge in [0.1, 0.15) is 6.04 Å². The molecule has 0 saturated heterocycles. The molecule has 0 fully saturated rings. The molecule has 0 spiro atoms. The zero-order chi connectivity index (χ0) is 24.9. The second kappa shape index (κ2) is 10.9. The Morgan fingerprint density at radius 2 is 1.59 bits per heavy atom. The molecule has 0 bridgehead atoms. The van der Waals surface area contributed by atoms with Crippen LogP contribution in [0.25, 0.3) is 0 Å². The van der Waals surface area contributed by atoms with E-state index in [9.17, 15) is 22.8 Å². The Kier molecular flexibility index (Phi) is 8.19. The van der Waals surface area contributed by atoms with Crippen molar-refractivity contribution in [3.63, 3.8) is 0 Å². The summed E-state index contributed by atoms with van der Waals surface area (Å²) in [6.45, 7) is 4.37. The minimum absolute atomic E-state index is 0.0650. The molecule has 0 radical (unpaired) electrons. The summed E-state index contributed by atoms with van der Waals surface area (Å²) < 4.78 is 31.8. The van der Waals surface area contributed by atoms with Crippen molar-refractivity contribution >= 4 is 27.7 Å². The number of carbonyl (C=O) groups is 3. The van der Waals surface area contributed by atoms with Gasteiger partial charge >= 0.3 is 0 Å². The quantitative estimate of drug-likeness (QED) is 0.369. The van der Waals surface area contributed by atoms with E-state index in [4.69, 9.17) is 4.74 Å². The smallest absolute Gasteiger partial charge is 0.262 e. The summed E-state index contributed by atoms with van der Waals surface area (Å²) in [6.07, 6.45) is 0.321. The first-order chi connectivity index (χ1) is 16.2. The number of hydrogen-bond donors (Lipinski definition) is 2. The van der Waals surface area contributed by atoms with Crippen molar-refractivity contribution in [2.24, 2.45) is 5.92 Å². The fourth-order valence-electron chi connectivity index (χ4n) is 3.72. The predicted molar refractivity (Wildman–Crippen MR) is 126 cm³/mol. The number of hydrogen-bond acceptors (Lipinski definition) is 6. The maximum Gasteiger partial charge on any atom is 0.262 e. The molecule has 0 aliphatic carbocycles. The minimum atomic E-state index is -3.66. The van der Waals surface area contributed by atoms with E-state index in [0.29, 0.717) is 23.1 Å². The average molecular weight is 488 g/mol. The van der Waals surface area contributed by atoms with Crippen molar-refractivity contribution < 1.29 is 27.5 Å². The van der Waals surface area contributed by atoms with E-state index in [1.54, 1.807) is 36.4 Å². The Morgan fingerprint density at radius 3 is 2.12 bits per heavy atom. The van der Waals surface area contributed by atoms with Crippen molar-refractivity contribution in [1.82, 2.24) is 14.9 Å². The fraction of sp³-hybridized carbons (Fsp3) is 0.375. The number of imide groups is 1. The minimum Gasteiger partial charge on any atom is -0.383 e. The lowest BCUT2D eigenvalue weighted by Gasteiger charge is -2.26. The molecule has 2 aromatic carbocycles. The standard InChI is InChI=1S/C24H29N3O6S/c1-16(2)14-21(27-23(29)19-6-4-5-7-20(19)24(27)30)22(28)25-15-17-8-10-18(11-9-17)34(31,32)26-12-13-33-3/h4-11,16,21,26H,12-15H2,1-3H3,(H,25,28). The summed E-state index contributed by atoms with van der Waals surface area (Å²) >= 11 is 0. The summed E-state index contributed by atoms with van der Waals surface area (Å²) in [5.74, 6) is -1.33. The lowest BCUT2D eigenvalue weighted by molar-refractivity contribution is -0.125. The molecule has 3 amide bonds. The number of nitrogens with zero attached hydrogens (tertiary/aromatic N) is 1. The highest BCUT2D eigenvalue weighted by atomic mass is 32.2. The van der Waals surface area contributed by atoms with Gasteiger partial charge < -0.3 is 10.1 Å². The molecule has 1 aliphatic heterocycles. The van der Waals surface area contributed by atoms with Crippen LogP contribution >= 0.6 is 0 Å². The monoisotopic (exact) mass is 487 g/mol. The Hall–Kier alpha value is -3.08. The van der Waals surface area contributed by atoms with Crippen molar-refractivity contribution in [3.8, 4) is 0 Å². The maximum absolute atomic E-state index is 13.1. The second-order valence-corrected chi connectivity index (χ2v) is 10.2. The van der Waals surface area contributed by atoms with Crippen LogP contribution in [-0.4, -0.2) is 57.3 Å². The zero-order valence-corrected chi connectivity index (χ0v) is 20.2. The lowest BCUT2D eigenvalue weighted by Crippen LogP contribution is -2.50. The molecule has 1 atom stereocenters. The molecule has 9 nitrogen and oxygen atoms in total. The van der Waals surface area contributed by atoms with E-state index in [1.165, 1.54) is 19.2 Å². The largest absolute Gasteiger partial charge is 0.383 e. The molecule has 1 aliphatic rings. The summed E-state index contributed by atoms with van der Waals surface area (Å²) in [6, 6.07) is 11.7. The normalized spacial score (nSPS) is 14.4. The molecule has 1 unspecified atom stereocenters. The van der Waals surface area contributed by atoms with Gasteiger partial charge in [-0.2, -0.15) is 0 Å². The fourth-order valence-corrected chi connectivity index (χ4v) is 4.74. The Bertz CT molecular complexity index is 1130. The van der Waals surface area contributed by atoms with E-state index in [1.807, 2.05) is 13.8 Å². The first kappa shape index (κ1) is 25.5. The van der Waals surface area contributed by atoms with Gasteiger partial charge in [-0.15, -0.1) is 0 Å². The maximum atomic E-state index is 13.1. The van der Waals surface area contributed by atoms with Gasteiger partial charge in [-0.25, -0.2) is 13.1 Å². The van der Waals surface area contributed by atoms with E-state index in [0.717, 1.165) is 4.90 Å². The number of benzene rings is 2. The van der Waals surface area contributed by atoms with Gasteiger partial charge in [0.25, 0.3) is 11.8 Å². The molecule has 1 heterocycles. The van der Waals surface area contributed by atoms with Crippen molar-refractivity contribution in [1.29, 1.82) is 0 Å². The van der Waals surface area contributed by atoms with Gasteiger partial charge in [-0.05, 0) is 42.2 Å². The third-order valence-electron chi connectivity index (χ3n) is 5.43. The Morgan fingerprint density at radius 1 is 1.00 bits per heavy atom. The molecule has 34 heavy (non-hydrogen) atoms. The summed E-state index contributed by atoms with van der Waals surface area (Å²) in [7, 11) is -2.17. The van der Waals surface area contributed by atoms with Gasteiger partial charge in [-0.1, -0.05) is 38.1 Å². The molecule has 0 saturated carbocycles. The molecule has 0 aromatic heterocycles. The van der Waals surface area contributed by atoms with Crippen LogP contribution in [-0.2, 0) is 26.1 Å². The number of sulfonamides is 1. The van der Waals surface area contributed by atoms with Crippen LogP contribution in [0.15, 0.2) is 53.4 Å². The lowest BCUT2D eigenvalue weighted by atomic mass is 10.0. The number of ether oxygens (including phenoxy) is 1. The third kappa shape index (κ3) is 5.69. The number of methoxy groups -OCH3 is 1. The van der Waals surface area contributed by atoms with Crippen LogP contribution < -0.4 is 10.0 Å². The van der Waals surface area contributed by atoms with Crippen LogP contribution in [0.2, 0.25) is 0 Å². The number of nitrogens with one attached hydrogen (secondary N) is 2. The summed E-state index contributed by atoms with van der Waals surface area (Å²) in [4.78, 5) is 40.0. The first-order valence-electron chi connectivity index (χ1n) is 11.0. The number of amides is 3. The van der Waals surface area contributed by atoms with E-state index < -0.39 is 33.8 Å². The second-order valence-electron chi connectivity index (χ2n) is 8.42. The van der Waals surface area contributed by atoms with Crippen molar-refractivity contribution in [2.75, 3.05) is 20.3 Å². The van der Waals surface area contributed by atoms with E-state index >= 15 is 0 Å². The molecular formula is C24H29N3O6S. The average Bonchev–Trinajstić information content (AvgIpc) is 3.06. The van der Waals surface area contributed by atoms with Crippen LogP contribution in [0.1, 0.15) is 46.5 Å². The van der Waals surface area contributed by atoms with Gasteiger partial charge in [0.15, 0.2) is 0 Å². The van der Waals surface area contributed by atoms with Crippen LogP contribution in [0, 0.1) is 5.92 Å². The molecule has 3 rings (SSSR count). The molecule has 2 N–H and O–H groups in total. The van der Waals surface area contributed by atoms with Gasteiger partial charge in [-0.3, -0.25) is 19.3 Å². The highest BCUT2D eigenvalue weighted by Gasteiger charge is 2.42. The molecular weight excluding hydrogens is 458 g/mol. The van der Waals surface area contributed by atoms with Gasteiger partial charge in [0, 0.05) is 20.2 Å². The van der Waals surface area contributed by atoms with Crippen molar-refractivity contribution in [3.05, 3.63) is 65.2 Å². The number of fused-ring (bicyclic) bond motifs is 1. The van der Waals surface area contributed by atoms with Crippen LogP contribution in [0.4, 0.5) is 0 Å². The summed E-state index contributed by atoms with van der Waals surface area (Å²) in [5, 5.41) is 2.78. The van der Waals surface area contributed by atoms with Gasteiger partial charge in [0.05, 0.1) is 22.6 Å². The van der Waals surface area contributed by atoms with Gasteiger partial charge in [0.2, 0.25) is 15.9 Å². The van der Waals surface area contributed by atoms with Crippen LogP contribution in [0.5, 0.6) is 0 Å². The molecule has 2 aromatic rings. The Balaban J connectivity index is 1.69. The molecule has 182 valence electrons. The third-order valence-corrected chi connectivity index (χ3v) is 6.91. The number of carbonyl (C=O) groups excluding carboxylic acids is 3. The Labute approximate surface area is 199 Å². The van der Waals surface area contributed by atoms with E-state index in [-0.39, 0.29) is 30.5 Å². The van der Waals surface area contributed by atoms with Crippen molar-refractivity contribution in [2.45, 2.75) is 37.8 Å². The van der Waals surface area contributed by atoms with E-state index in [2.05, 4.69) is 10.0 Å². The highest BCUT2D eigenvalue weighted by Crippen LogP contribution is 2.27. The topological polar surface area (TPSA) is 122 Å². The predicted octanol–water partition coefficient (Wildman–Crippen LogP) is 1.94. The highest BCUT2D eigenvalue weighted by molar-refractivity contribution is 7.89. The molecule has 10 heteroatoms. The zero-order valence-electron chi connectivity index (χ0n) is 19.4. The van der Waals surface area contributed by atoms with Crippen LogP contribution in [0.3, 0.4) is 0 Å². The first-order valence-corrected chi connectivity index (χ1v) is 12.5. The number of rotatable bonds is 11. The summed E-state index contributed by atoms with van der Waals surface area (Å²) in [5.41, 5.74) is 1.27. The SMILES string of the molecule is COCCNS(=O)(=O)c1ccc(CNC(=O)C(CC(C)C)N2C(=O)c3ccccc3C2=O)cc1.